The minimum absolute atomic E-state index is 0.0315. The fourth-order valence-corrected chi connectivity index (χ4v) is 2.66. The molecule has 0 spiro atoms. The first-order valence-corrected chi connectivity index (χ1v) is 7.73. The van der Waals surface area contributed by atoms with E-state index >= 15 is 0 Å². The Balaban J connectivity index is 2.50. The number of hydrogen-bond donors (Lipinski definition) is 0. The van der Waals surface area contributed by atoms with Gasteiger partial charge in [0.05, 0.1) is 24.7 Å². The molecule has 1 rings (SSSR count). The van der Waals surface area contributed by atoms with Gasteiger partial charge in [-0.05, 0) is 25.8 Å². The van der Waals surface area contributed by atoms with E-state index in [1.807, 2.05) is 0 Å². The standard InChI is InChI=1S/C12H18NO6P/c1-3-17-20(16,18-4-2)19-10-9-11-5-7-12(8-6-11)13(14)15/h5-8H,3-4,9-10H2,1-2H3. The highest BCUT2D eigenvalue weighted by atomic mass is 31.2. The Morgan fingerprint density at radius 1 is 1.10 bits per heavy atom. The Morgan fingerprint density at radius 3 is 2.10 bits per heavy atom. The van der Waals surface area contributed by atoms with Gasteiger partial charge in [0.25, 0.3) is 5.69 Å². The summed E-state index contributed by atoms with van der Waals surface area (Å²) in [6.07, 6.45) is 0.460. The number of hydrogen-bond acceptors (Lipinski definition) is 6. The maximum absolute atomic E-state index is 12.0. The van der Waals surface area contributed by atoms with Crippen LogP contribution in [0, 0.1) is 10.1 Å². The second-order valence-electron chi connectivity index (χ2n) is 3.79. The topological polar surface area (TPSA) is 87.9 Å². The zero-order chi connectivity index (χ0) is 15.0. The van der Waals surface area contributed by atoms with Crippen LogP contribution in [-0.4, -0.2) is 24.7 Å². The summed E-state index contributed by atoms with van der Waals surface area (Å²) in [4.78, 5) is 10.1. The van der Waals surface area contributed by atoms with E-state index in [4.69, 9.17) is 13.6 Å². The van der Waals surface area contributed by atoms with Crippen molar-refractivity contribution in [3.05, 3.63) is 39.9 Å². The molecule has 0 bridgehead atoms. The lowest BCUT2D eigenvalue weighted by molar-refractivity contribution is -0.384. The molecule has 20 heavy (non-hydrogen) atoms. The van der Waals surface area contributed by atoms with Crippen molar-refractivity contribution in [3.8, 4) is 0 Å². The first-order chi connectivity index (χ1) is 9.50. The van der Waals surface area contributed by atoms with Crippen molar-refractivity contribution in [1.82, 2.24) is 0 Å². The van der Waals surface area contributed by atoms with E-state index in [-0.39, 0.29) is 25.5 Å². The fraction of sp³-hybridized carbons (Fsp3) is 0.500. The predicted molar refractivity (Wildman–Crippen MR) is 73.6 cm³/mol. The third kappa shape index (κ3) is 5.38. The third-order valence-electron chi connectivity index (χ3n) is 2.36. The van der Waals surface area contributed by atoms with Crippen LogP contribution in [0.3, 0.4) is 0 Å². The lowest BCUT2D eigenvalue weighted by Crippen LogP contribution is -2.03. The van der Waals surface area contributed by atoms with Gasteiger partial charge in [-0.15, -0.1) is 0 Å². The first-order valence-electron chi connectivity index (χ1n) is 6.27. The van der Waals surface area contributed by atoms with Gasteiger partial charge in [0, 0.05) is 12.1 Å². The fourth-order valence-electron chi connectivity index (χ4n) is 1.49. The highest BCUT2D eigenvalue weighted by Gasteiger charge is 2.24. The molecule has 0 saturated heterocycles. The van der Waals surface area contributed by atoms with Crippen LogP contribution in [0.4, 0.5) is 5.69 Å². The van der Waals surface area contributed by atoms with Gasteiger partial charge in [-0.1, -0.05) is 12.1 Å². The smallest absolute Gasteiger partial charge is 0.287 e. The predicted octanol–water partition coefficient (Wildman–Crippen LogP) is 3.34. The molecule has 0 aliphatic heterocycles. The Hall–Kier alpha value is -1.27. The van der Waals surface area contributed by atoms with E-state index in [0.717, 1.165) is 5.56 Å². The summed E-state index contributed by atoms with van der Waals surface area (Å²) in [6.45, 7) is 4.01. The zero-order valence-corrected chi connectivity index (χ0v) is 12.4. The molecule has 0 fully saturated rings. The molecule has 0 N–H and O–H groups in total. The summed E-state index contributed by atoms with van der Waals surface area (Å²) in [5.74, 6) is 0. The summed E-state index contributed by atoms with van der Waals surface area (Å²) in [6, 6.07) is 6.10. The van der Waals surface area contributed by atoms with Gasteiger partial charge in [-0.25, -0.2) is 4.57 Å². The molecule has 0 heterocycles. The van der Waals surface area contributed by atoms with E-state index in [0.29, 0.717) is 6.42 Å². The molecule has 1 aromatic carbocycles. The summed E-state index contributed by atoms with van der Waals surface area (Å²) in [5, 5.41) is 10.5. The number of phosphoric acid groups is 1. The van der Waals surface area contributed by atoms with Crippen LogP contribution in [0.25, 0.3) is 0 Å². The summed E-state index contributed by atoms with van der Waals surface area (Å²) in [5.41, 5.74) is 0.874. The van der Waals surface area contributed by atoms with Crippen LogP contribution in [0.15, 0.2) is 24.3 Å². The molecule has 7 nitrogen and oxygen atoms in total. The Kier molecular flexibility index (Phi) is 6.81. The molecule has 0 atom stereocenters. The number of benzene rings is 1. The van der Waals surface area contributed by atoms with E-state index < -0.39 is 12.7 Å². The maximum atomic E-state index is 12.0. The largest absolute Gasteiger partial charge is 0.474 e. The van der Waals surface area contributed by atoms with Gasteiger partial charge in [0.1, 0.15) is 0 Å². The number of nitro groups is 1. The van der Waals surface area contributed by atoms with Gasteiger partial charge < -0.3 is 0 Å². The molecule has 0 unspecified atom stereocenters. The molecule has 0 aliphatic rings. The third-order valence-corrected chi connectivity index (χ3v) is 4.01. The Morgan fingerprint density at radius 2 is 1.65 bits per heavy atom. The summed E-state index contributed by atoms with van der Waals surface area (Å²) in [7, 11) is -3.49. The Bertz CT molecular complexity index is 465. The number of rotatable bonds is 9. The molecule has 0 aromatic heterocycles. The average Bonchev–Trinajstić information content (AvgIpc) is 2.39. The van der Waals surface area contributed by atoms with Gasteiger partial charge in [-0.3, -0.25) is 23.7 Å². The number of nitrogens with zero attached hydrogens (tertiary/aromatic N) is 1. The molecule has 0 aliphatic carbocycles. The van der Waals surface area contributed by atoms with Gasteiger partial charge in [-0.2, -0.15) is 0 Å². The average molecular weight is 303 g/mol. The van der Waals surface area contributed by atoms with Gasteiger partial charge in [0.2, 0.25) is 0 Å². The van der Waals surface area contributed by atoms with Crippen LogP contribution < -0.4 is 0 Å². The van der Waals surface area contributed by atoms with Gasteiger partial charge >= 0.3 is 7.82 Å². The van der Waals surface area contributed by atoms with Crippen molar-refractivity contribution in [3.63, 3.8) is 0 Å². The maximum Gasteiger partial charge on any atom is 0.474 e. The van der Waals surface area contributed by atoms with E-state index in [9.17, 15) is 14.7 Å². The highest BCUT2D eigenvalue weighted by Crippen LogP contribution is 2.49. The molecule has 0 radical (unpaired) electrons. The second kappa shape index (κ2) is 8.11. The van der Waals surface area contributed by atoms with E-state index in [1.54, 1.807) is 26.0 Å². The van der Waals surface area contributed by atoms with E-state index in [1.165, 1.54) is 12.1 Å². The molecule has 112 valence electrons. The van der Waals surface area contributed by atoms with Crippen LogP contribution in [0.2, 0.25) is 0 Å². The SMILES string of the molecule is CCOP(=O)(OCC)OCCc1ccc([N+](=O)[O-])cc1. The lowest BCUT2D eigenvalue weighted by atomic mass is 10.1. The minimum Gasteiger partial charge on any atom is -0.287 e. The van der Waals surface area contributed by atoms with Gasteiger partial charge in [0.15, 0.2) is 0 Å². The number of phosphoric ester groups is 1. The molecule has 0 saturated carbocycles. The van der Waals surface area contributed by atoms with Crippen molar-refractivity contribution in [2.24, 2.45) is 0 Å². The van der Waals surface area contributed by atoms with Crippen LogP contribution in [-0.2, 0) is 24.6 Å². The molecule has 0 amide bonds. The monoisotopic (exact) mass is 303 g/mol. The number of non-ortho nitro benzene ring substituents is 1. The normalized spacial score (nSPS) is 11.5. The summed E-state index contributed by atoms with van der Waals surface area (Å²) >= 11 is 0. The second-order valence-corrected chi connectivity index (χ2v) is 5.46. The van der Waals surface area contributed by atoms with Crippen molar-refractivity contribution in [1.29, 1.82) is 0 Å². The van der Waals surface area contributed by atoms with E-state index in [2.05, 4.69) is 0 Å². The molecule has 1 aromatic rings. The van der Waals surface area contributed by atoms with Crippen molar-refractivity contribution in [2.45, 2.75) is 20.3 Å². The first kappa shape index (κ1) is 16.8. The Labute approximate surface area is 117 Å². The van der Waals surface area contributed by atoms with Crippen molar-refractivity contribution >= 4 is 13.5 Å². The highest BCUT2D eigenvalue weighted by molar-refractivity contribution is 7.48. The molecular formula is C12H18NO6P. The molecule has 8 heteroatoms. The van der Waals surface area contributed by atoms with Crippen LogP contribution in [0.5, 0.6) is 0 Å². The van der Waals surface area contributed by atoms with Crippen LogP contribution in [0.1, 0.15) is 19.4 Å². The van der Waals surface area contributed by atoms with Crippen molar-refractivity contribution in [2.75, 3.05) is 19.8 Å². The molecular weight excluding hydrogens is 285 g/mol. The quantitative estimate of drug-likeness (QED) is 0.395. The van der Waals surface area contributed by atoms with Crippen LogP contribution >= 0.6 is 7.82 Å². The summed E-state index contributed by atoms with van der Waals surface area (Å²) < 4.78 is 27.1. The van der Waals surface area contributed by atoms with Crippen molar-refractivity contribution < 1.29 is 23.1 Å². The lowest BCUT2D eigenvalue weighted by Gasteiger charge is -2.16. The minimum atomic E-state index is -3.49. The zero-order valence-electron chi connectivity index (χ0n) is 11.5. The number of nitro benzene ring substituents is 1.